The first-order valence-electron chi connectivity index (χ1n) is 2.89. The molecule has 0 fully saturated rings. The van der Waals surface area contributed by atoms with Gasteiger partial charge in [0.1, 0.15) is 6.29 Å². The molecule has 0 N–H and O–H groups in total. The minimum Gasteiger partial charge on any atom is -0.299 e. The summed E-state index contributed by atoms with van der Waals surface area (Å²) in [6, 6.07) is 0. The van der Waals surface area contributed by atoms with Crippen molar-refractivity contribution in [2.24, 2.45) is 0 Å². The van der Waals surface area contributed by atoms with Gasteiger partial charge in [0.2, 0.25) is 0 Å². The number of aldehydes is 1. The summed E-state index contributed by atoms with van der Waals surface area (Å²) < 4.78 is 0. The van der Waals surface area contributed by atoms with Gasteiger partial charge >= 0.3 is 0 Å². The third kappa shape index (κ3) is 52.9. The lowest BCUT2D eigenvalue weighted by Gasteiger charge is -1.68. The summed E-state index contributed by atoms with van der Waals surface area (Å²) in [7, 11) is 0. The standard InChI is InChI=1S/C4H10.C3H4O/c1-3-4-2;1-2-3-4/h3-4H2,1-2H3;2-3H,1H2. The van der Waals surface area contributed by atoms with Gasteiger partial charge in [-0.25, -0.2) is 0 Å². The van der Waals surface area contributed by atoms with Crippen molar-refractivity contribution in [2.45, 2.75) is 26.7 Å². The number of carbonyl (C=O) groups excluding carboxylic acids is 1. The molecule has 0 bridgehead atoms. The molecule has 0 atom stereocenters. The van der Waals surface area contributed by atoms with Gasteiger partial charge in [-0.3, -0.25) is 4.79 Å². The fraction of sp³-hybridized carbons (Fsp3) is 0.571. The van der Waals surface area contributed by atoms with Crippen LogP contribution >= 0.6 is 0 Å². The maximum absolute atomic E-state index is 9.06. The molecule has 0 aromatic carbocycles. The first-order chi connectivity index (χ1) is 3.83. The second kappa shape index (κ2) is 16.1. The van der Waals surface area contributed by atoms with Gasteiger partial charge in [-0.2, -0.15) is 0 Å². The van der Waals surface area contributed by atoms with Crippen LogP contribution in [0.3, 0.4) is 0 Å². The van der Waals surface area contributed by atoms with Crippen LogP contribution in [0.1, 0.15) is 26.7 Å². The predicted octanol–water partition coefficient (Wildman–Crippen LogP) is 2.18. The van der Waals surface area contributed by atoms with E-state index < -0.39 is 0 Å². The molecule has 8 heavy (non-hydrogen) atoms. The Kier molecular flexibility index (Phi) is 21.0. The van der Waals surface area contributed by atoms with E-state index in [1.165, 1.54) is 18.9 Å². The summed E-state index contributed by atoms with van der Waals surface area (Å²) in [6.07, 6.45) is 4.47. The quantitative estimate of drug-likeness (QED) is 0.397. The van der Waals surface area contributed by atoms with Crippen molar-refractivity contribution in [3.8, 4) is 0 Å². The Balaban J connectivity index is 0. The zero-order valence-corrected chi connectivity index (χ0v) is 5.68. The van der Waals surface area contributed by atoms with Crippen molar-refractivity contribution in [3.05, 3.63) is 12.7 Å². The summed E-state index contributed by atoms with van der Waals surface area (Å²) in [4.78, 5) is 9.06. The average Bonchev–Trinajstić information content (AvgIpc) is 1.88. The Morgan fingerprint density at radius 3 is 1.62 bits per heavy atom. The van der Waals surface area contributed by atoms with Gasteiger partial charge in [-0.05, 0) is 6.08 Å². The molecule has 0 spiro atoms. The molecule has 0 amide bonds. The van der Waals surface area contributed by atoms with E-state index >= 15 is 0 Å². The van der Waals surface area contributed by atoms with Gasteiger partial charge in [0.25, 0.3) is 0 Å². The van der Waals surface area contributed by atoms with E-state index in [4.69, 9.17) is 4.79 Å². The van der Waals surface area contributed by atoms with Crippen LogP contribution in [0.15, 0.2) is 12.7 Å². The normalized spacial score (nSPS) is 6.25. The third-order valence-corrected chi connectivity index (χ3v) is 0.596. The molecule has 0 radical (unpaired) electrons. The Labute approximate surface area is 51.4 Å². The van der Waals surface area contributed by atoms with Gasteiger partial charge < -0.3 is 0 Å². The number of hydrogen-bond donors (Lipinski definition) is 0. The lowest BCUT2D eigenvalue weighted by Crippen LogP contribution is -1.47. The van der Waals surface area contributed by atoms with Crippen LogP contribution in [0.25, 0.3) is 0 Å². The van der Waals surface area contributed by atoms with Gasteiger partial charge in [-0.1, -0.05) is 33.3 Å². The highest BCUT2D eigenvalue weighted by Gasteiger charge is 1.56. The van der Waals surface area contributed by atoms with Gasteiger partial charge in [0.15, 0.2) is 0 Å². The van der Waals surface area contributed by atoms with E-state index in [2.05, 4.69) is 20.4 Å². The molecule has 0 aromatic heterocycles. The highest BCUT2D eigenvalue weighted by molar-refractivity contribution is 5.63. The largest absolute Gasteiger partial charge is 0.299 e. The average molecular weight is 114 g/mol. The van der Waals surface area contributed by atoms with E-state index in [1.54, 1.807) is 0 Å². The zero-order valence-electron chi connectivity index (χ0n) is 5.68. The van der Waals surface area contributed by atoms with Crippen LogP contribution in [0.4, 0.5) is 0 Å². The smallest absolute Gasteiger partial charge is 0.142 e. The van der Waals surface area contributed by atoms with Crippen molar-refractivity contribution in [1.29, 1.82) is 0 Å². The topological polar surface area (TPSA) is 17.1 Å². The Morgan fingerprint density at radius 2 is 1.62 bits per heavy atom. The van der Waals surface area contributed by atoms with Crippen LogP contribution in [0, 0.1) is 0 Å². The van der Waals surface area contributed by atoms with Crippen molar-refractivity contribution in [3.63, 3.8) is 0 Å². The first-order valence-corrected chi connectivity index (χ1v) is 2.89. The molecule has 0 saturated heterocycles. The minimum absolute atomic E-state index is 0.639. The zero-order chi connectivity index (χ0) is 6.83. The predicted molar refractivity (Wildman–Crippen MR) is 36.8 cm³/mol. The molecule has 48 valence electrons. The van der Waals surface area contributed by atoms with E-state index in [-0.39, 0.29) is 0 Å². The summed E-state index contributed by atoms with van der Waals surface area (Å²) in [5, 5.41) is 0. The minimum atomic E-state index is 0.639. The molecule has 0 unspecified atom stereocenters. The molecule has 1 heteroatoms. The molecular formula is C7H14O. The lowest BCUT2D eigenvalue weighted by molar-refractivity contribution is -0.104. The van der Waals surface area contributed by atoms with Crippen molar-refractivity contribution in [1.82, 2.24) is 0 Å². The van der Waals surface area contributed by atoms with Gasteiger partial charge in [-0.15, -0.1) is 0 Å². The van der Waals surface area contributed by atoms with Gasteiger partial charge in [0.05, 0.1) is 0 Å². The van der Waals surface area contributed by atoms with Crippen molar-refractivity contribution in [2.75, 3.05) is 0 Å². The number of allylic oxidation sites excluding steroid dienone is 1. The van der Waals surface area contributed by atoms with Crippen LogP contribution < -0.4 is 0 Å². The molecule has 0 aliphatic heterocycles. The Morgan fingerprint density at radius 1 is 1.38 bits per heavy atom. The first kappa shape index (κ1) is 10.4. The number of hydrogen-bond acceptors (Lipinski definition) is 1. The van der Waals surface area contributed by atoms with Crippen LogP contribution in [-0.2, 0) is 4.79 Å². The SMILES string of the molecule is C=CC=O.CCCC. The summed E-state index contributed by atoms with van der Waals surface area (Å²) >= 11 is 0. The molecule has 0 aliphatic carbocycles. The van der Waals surface area contributed by atoms with Crippen LogP contribution in [0.2, 0.25) is 0 Å². The van der Waals surface area contributed by atoms with E-state index in [1.807, 2.05) is 0 Å². The summed E-state index contributed by atoms with van der Waals surface area (Å²) in [5.74, 6) is 0. The summed E-state index contributed by atoms with van der Waals surface area (Å²) in [5.41, 5.74) is 0. The molecule has 0 rings (SSSR count). The molecule has 0 saturated carbocycles. The maximum Gasteiger partial charge on any atom is 0.142 e. The number of carbonyl (C=O) groups is 1. The molecule has 1 nitrogen and oxygen atoms in total. The van der Waals surface area contributed by atoms with E-state index in [0.717, 1.165) is 0 Å². The van der Waals surface area contributed by atoms with E-state index in [9.17, 15) is 0 Å². The second-order valence-electron chi connectivity index (χ2n) is 1.37. The van der Waals surface area contributed by atoms with Crippen LogP contribution in [-0.4, -0.2) is 6.29 Å². The fourth-order valence-corrected chi connectivity index (χ4v) is 0. The maximum atomic E-state index is 9.06. The number of rotatable bonds is 2. The van der Waals surface area contributed by atoms with Crippen molar-refractivity contribution < 1.29 is 4.79 Å². The molecule has 0 aliphatic rings. The Hall–Kier alpha value is -0.590. The third-order valence-electron chi connectivity index (χ3n) is 0.596. The summed E-state index contributed by atoms with van der Waals surface area (Å²) in [6.45, 7) is 7.47. The monoisotopic (exact) mass is 114 g/mol. The highest BCUT2D eigenvalue weighted by atomic mass is 16.1. The molecular weight excluding hydrogens is 100 g/mol. The van der Waals surface area contributed by atoms with Crippen molar-refractivity contribution >= 4 is 6.29 Å². The highest BCUT2D eigenvalue weighted by Crippen LogP contribution is 1.76. The number of unbranched alkanes of at least 4 members (excludes halogenated alkanes) is 1. The molecule has 0 heterocycles. The Bertz CT molecular complexity index is 40.3. The second-order valence-corrected chi connectivity index (χ2v) is 1.37. The fourth-order valence-electron chi connectivity index (χ4n) is 0. The van der Waals surface area contributed by atoms with Gasteiger partial charge in [0, 0.05) is 0 Å². The lowest BCUT2D eigenvalue weighted by atomic mass is 10.4. The van der Waals surface area contributed by atoms with E-state index in [0.29, 0.717) is 6.29 Å². The molecule has 0 aromatic rings. The van der Waals surface area contributed by atoms with Crippen LogP contribution in [0.5, 0.6) is 0 Å².